The van der Waals surface area contributed by atoms with E-state index in [4.69, 9.17) is 0 Å². The molecule has 1 amide bonds. The number of fused-ring (bicyclic) bond motifs is 1. The molecular formula is C19H17FN4O5S2. The van der Waals surface area contributed by atoms with E-state index in [-0.39, 0.29) is 10.6 Å². The molecule has 0 unspecified atom stereocenters. The molecule has 9 nitrogen and oxygen atoms in total. The molecule has 0 radical (unpaired) electrons. The number of piperazine rings is 1. The van der Waals surface area contributed by atoms with Gasteiger partial charge in [0.05, 0.1) is 20.0 Å². The Hall–Kier alpha value is -3.12. The fraction of sp³-hybridized carbons (Fsp3) is 0.263. The summed E-state index contributed by atoms with van der Waals surface area (Å²) in [4.78, 5) is 30.9. The highest BCUT2D eigenvalue weighted by Crippen LogP contribution is 2.31. The van der Waals surface area contributed by atoms with E-state index in [1.807, 2.05) is 4.90 Å². The number of thiazole rings is 1. The van der Waals surface area contributed by atoms with Gasteiger partial charge in [0.1, 0.15) is 11.6 Å². The predicted octanol–water partition coefficient (Wildman–Crippen LogP) is 2.47. The van der Waals surface area contributed by atoms with Gasteiger partial charge in [0.2, 0.25) is 5.91 Å². The zero-order valence-corrected chi connectivity index (χ0v) is 17.7. The van der Waals surface area contributed by atoms with E-state index in [0.29, 0.717) is 41.5 Å². The number of nitro benzene ring substituents is 1. The number of hydrogen-bond acceptors (Lipinski definition) is 8. The number of amides is 1. The molecule has 2 heterocycles. The first-order valence-corrected chi connectivity index (χ1v) is 11.8. The van der Waals surface area contributed by atoms with E-state index >= 15 is 0 Å². The number of non-ortho nitro benzene ring substituents is 1. The van der Waals surface area contributed by atoms with Crippen LogP contribution in [-0.2, 0) is 14.6 Å². The second kappa shape index (κ2) is 8.19. The third kappa shape index (κ3) is 4.49. The van der Waals surface area contributed by atoms with Gasteiger partial charge in [-0.2, -0.15) is 0 Å². The minimum atomic E-state index is -3.86. The molecule has 1 saturated heterocycles. The van der Waals surface area contributed by atoms with Gasteiger partial charge in [-0.05, 0) is 30.3 Å². The number of aromatic nitrogens is 1. The summed E-state index contributed by atoms with van der Waals surface area (Å²) < 4.78 is 38.6. The van der Waals surface area contributed by atoms with Gasteiger partial charge in [-0.1, -0.05) is 11.3 Å². The van der Waals surface area contributed by atoms with Crippen molar-refractivity contribution < 1.29 is 22.5 Å². The molecule has 3 aromatic rings. The molecule has 12 heteroatoms. The number of carbonyl (C=O) groups is 1. The first kappa shape index (κ1) is 21.1. The highest BCUT2D eigenvalue weighted by Gasteiger charge is 2.27. The van der Waals surface area contributed by atoms with Crippen molar-refractivity contribution in [3.05, 3.63) is 58.4 Å². The summed E-state index contributed by atoms with van der Waals surface area (Å²) in [5.41, 5.74) is 0.662. The van der Waals surface area contributed by atoms with Crippen molar-refractivity contribution in [1.29, 1.82) is 0 Å². The van der Waals surface area contributed by atoms with Gasteiger partial charge < -0.3 is 9.80 Å². The third-order valence-electron chi connectivity index (χ3n) is 4.96. The monoisotopic (exact) mass is 464 g/mol. The molecule has 0 aliphatic carbocycles. The number of sulfone groups is 1. The summed E-state index contributed by atoms with van der Waals surface area (Å²) in [5, 5.41) is 11.6. The van der Waals surface area contributed by atoms with Crippen molar-refractivity contribution in [2.75, 3.05) is 36.8 Å². The van der Waals surface area contributed by atoms with Gasteiger partial charge in [-0.15, -0.1) is 0 Å². The number of nitrogens with zero attached hydrogens (tertiary/aromatic N) is 4. The van der Waals surface area contributed by atoms with E-state index in [1.54, 1.807) is 6.07 Å². The van der Waals surface area contributed by atoms with Gasteiger partial charge in [-0.3, -0.25) is 14.9 Å². The van der Waals surface area contributed by atoms with Gasteiger partial charge in [0, 0.05) is 38.3 Å². The summed E-state index contributed by atoms with van der Waals surface area (Å²) in [7, 11) is -3.86. The van der Waals surface area contributed by atoms with Crippen molar-refractivity contribution in [3.63, 3.8) is 0 Å². The Bertz CT molecular complexity index is 1250. The molecule has 1 fully saturated rings. The summed E-state index contributed by atoms with van der Waals surface area (Å²) >= 11 is 1.33. The first-order chi connectivity index (χ1) is 14.7. The second-order valence-electron chi connectivity index (χ2n) is 6.99. The standard InChI is InChI=1S/C19H17FN4O5S2/c20-13-1-4-15(5-2-13)31(28,29)12-18(25)22-7-9-23(10-8-22)19-21-16-6-3-14(24(26)27)11-17(16)30-19/h1-6,11H,7-10,12H2. The maximum Gasteiger partial charge on any atom is 0.270 e. The third-order valence-corrected chi connectivity index (χ3v) is 7.66. The molecule has 0 spiro atoms. The van der Waals surface area contributed by atoms with Gasteiger partial charge in [0.15, 0.2) is 15.0 Å². The smallest absolute Gasteiger partial charge is 0.270 e. The molecule has 0 saturated carbocycles. The van der Waals surface area contributed by atoms with Crippen molar-refractivity contribution >= 4 is 48.1 Å². The summed E-state index contributed by atoms with van der Waals surface area (Å²) in [5.74, 6) is -1.74. The fourth-order valence-corrected chi connectivity index (χ4v) is 5.55. The fourth-order valence-electron chi connectivity index (χ4n) is 3.28. The Morgan fingerprint density at radius 3 is 2.45 bits per heavy atom. The number of nitro groups is 1. The van der Waals surface area contributed by atoms with Crippen LogP contribution in [-0.4, -0.2) is 61.1 Å². The van der Waals surface area contributed by atoms with Crippen LogP contribution in [0.25, 0.3) is 10.2 Å². The van der Waals surface area contributed by atoms with Crippen molar-refractivity contribution in [1.82, 2.24) is 9.88 Å². The van der Waals surface area contributed by atoms with Gasteiger partial charge >= 0.3 is 0 Å². The molecule has 1 aliphatic heterocycles. The molecule has 4 rings (SSSR count). The minimum absolute atomic E-state index is 0.000444. The van der Waals surface area contributed by atoms with E-state index in [0.717, 1.165) is 24.3 Å². The number of carbonyl (C=O) groups excluding carboxylic acids is 1. The quantitative estimate of drug-likeness (QED) is 0.324. The average Bonchev–Trinajstić information content (AvgIpc) is 3.17. The van der Waals surface area contributed by atoms with Crippen molar-refractivity contribution in [3.8, 4) is 0 Å². The Labute approximate surface area is 180 Å². The number of anilines is 1. The lowest BCUT2D eigenvalue weighted by molar-refractivity contribution is -0.384. The highest BCUT2D eigenvalue weighted by atomic mass is 32.2. The topological polar surface area (TPSA) is 114 Å². The zero-order valence-electron chi connectivity index (χ0n) is 16.1. The van der Waals surface area contributed by atoms with Crippen molar-refractivity contribution in [2.24, 2.45) is 0 Å². The lowest BCUT2D eigenvalue weighted by atomic mass is 10.3. The average molecular weight is 465 g/mol. The van der Waals surface area contributed by atoms with E-state index in [1.165, 1.54) is 28.4 Å². The molecule has 31 heavy (non-hydrogen) atoms. The molecular weight excluding hydrogens is 447 g/mol. The predicted molar refractivity (Wildman–Crippen MR) is 114 cm³/mol. The van der Waals surface area contributed by atoms with Gasteiger partial charge in [0.25, 0.3) is 5.69 Å². The van der Waals surface area contributed by atoms with E-state index in [2.05, 4.69) is 4.98 Å². The molecule has 0 bridgehead atoms. The SMILES string of the molecule is O=C(CS(=O)(=O)c1ccc(F)cc1)N1CCN(c2nc3ccc([N+](=O)[O-])cc3s2)CC1. The molecule has 0 atom stereocenters. The van der Waals surface area contributed by atoms with Crippen LogP contribution in [0.4, 0.5) is 15.2 Å². The second-order valence-corrected chi connectivity index (χ2v) is 9.99. The Balaban J connectivity index is 1.40. The Kier molecular flexibility index (Phi) is 5.58. The molecule has 2 aromatic carbocycles. The normalized spacial score (nSPS) is 14.7. The molecule has 0 N–H and O–H groups in total. The van der Waals surface area contributed by atoms with Crippen LogP contribution in [0.15, 0.2) is 47.4 Å². The summed E-state index contributed by atoms with van der Waals surface area (Å²) in [6.45, 7) is 1.58. The largest absolute Gasteiger partial charge is 0.345 e. The number of benzene rings is 2. The van der Waals surface area contributed by atoms with Crippen LogP contribution >= 0.6 is 11.3 Å². The lowest BCUT2D eigenvalue weighted by Crippen LogP contribution is -2.50. The Morgan fingerprint density at radius 1 is 1.13 bits per heavy atom. The maximum atomic E-state index is 13.0. The number of halogens is 1. The zero-order chi connectivity index (χ0) is 22.2. The summed E-state index contributed by atoms with van der Waals surface area (Å²) in [6.07, 6.45) is 0. The van der Waals surface area contributed by atoms with Crippen molar-refractivity contribution in [2.45, 2.75) is 4.90 Å². The van der Waals surface area contributed by atoms with Gasteiger partial charge in [-0.25, -0.2) is 17.8 Å². The maximum absolute atomic E-state index is 13.0. The van der Waals surface area contributed by atoms with Crippen LogP contribution in [0.5, 0.6) is 0 Å². The van der Waals surface area contributed by atoms with Crippen LogP contribution in [0.3, 0.4) is 0 Å². The highest BCUT2D eigenvalue weighted by molar-refractivity contribution is 7.92. The van der Waals surface area contributed by atoms with Crippen LogP contribution in [0.1, 0.15) is 0 Å². The van der Waals surface area contributed by atoms with Crippen LogP contribution in [0.2, 0.25) is 0 Å². The minimum Gasteiger partial charge on any atom is -0.345 e. The number of rotatable bonds is 5. The summed E-state index contributed by atoms with van der Waals surface area (Å²) in [6, 6.07) is 8.88. The van der Waals surface area contributed by atoms with Crippen LogP contribution < -0.4 is 4.90 Å². The van der Waals surface area contributed by atoms with E-state index in [9.17, 15) is 27.7 Å². The molecule has 1 aliphatic rings. The lowest BCUT2D eigenvalue weighted by Gasteiger charge is -2.34. The molecule has 1 aromatic heterocycles. The molecule has 162 valence electrons. The Morgan fingerprint density at radius 2 is 1.81 bits per heavy atom. The first-order valence-electron chi connectivity index (χ1n) is 9.29. The number of hydrogen-bond donors (Lipinski definition) is 0. The van der Waals surface area contributed by atoms with Crippen LogP contribution in [0, 0.1) is 15.9 Å². The van der Waals surface area contributed by atoms with E-state index < -0.39 is 32.2 Å².